The first kappa shape index (κ1) is 16.6. The average Bonchev–Trinajstić information content (AvgIpc) is 2.82. The minimum absolute atomic E-state index is 0.112. The lowest BCUT2D eigenvalue weighted by molar-refractivity contribution is -0.140. The van der Waals surface area contributed by atoms with Gasteiger partial charge in [0.15, 0.2) is 0 Å². The van der Waals surface area contributed by atoms with E-state index >= 15 is 0 Å². The number of methoxy groups -OCH3 is 1. The van der Waals surface area contributed by atoms with Crippen LogP contribution < -0.4 is 5.32 Å². The highest BCUT2D eigenvalue weighted by atomic mass is 16.5. The minimum atomic E-state index is -0.312. The van der Waals surface area contributed by atoms with Gasteiger partial charge in [-0.2, -0.15) is 0 Å². The van der Waals surface area contributed by atoms with Gasteiger partial charge >= 0.3 is 5.97 Å². The Hall–Kier alpha value is -1.78. The fourth-order valence-electron chi connectivity index (χ4n) is 3.38. The van der Waals surface area contributed by atoms with Crippen molar-refractivity contribution in [2.24, 2.45) is 0 Å². The van der Waals surface area contributed by atoms with Crippen LogP contribution in [-0.4, -0.2) is 30.1 Å². The minimum Gasteiger partial charge on any atom is -0.469 e. The van der Waals surface area contributed by atoms with Crippen LogP contribution in [-0.2, 0) is 9.53 Å². The van der Waals surface area contributed by atoms with E-state index in [1.165, 1.54) is 39.2 Å². The van der Waals surface area contributed by atoms with Crippen molar-refractivity contribution < 1.29 is 14.3 Å². The van der Waals surface area contributed by atoms with Crippen LogP contribution in [0.3, 0.4) is 0 Å². The summed E-state index contributed by atoms with van der Waals surface area (Å²) in [6.45, 7) is 4.38. The van der Waals surface area contributed by atoms with Crippen molar-refractivity contribution in [1.82, 2.24) is 9.88 Å². The van der Waals surface area contributed by atoms with Gasteiger partial charge < -0.3 is 14.6 Å². The standard InChI is InChI=1S/C17H26N2O3/c1-12-11-15(17(21)18-10-9-16(20)22-3)13(2)19(12)14-7-5-4-6-8-14/h11,14H,4-10H2,1-3H3,(H,18,21). The van der Waals surface area contributed by atoms with Gasteiger partial charge in [0.05, 0.1) is 19.1 Å². The van der Waals surface area contributed by atoms with Crippen molar-refractivity contribution in [1.29, 1.82) is 0 Å². The van der Waals surface area contributed by atoms with Crippen molar-refractivity contribution in [3.63, 3.8) is 0 Å². The van der Waals surface area contributed by atoms with Crippen LogP contribution in [0.4, 0.5) is 0 Å². The molecule has 0 bridgehead atoms. The fourth-order valence-corrected chi connectivity index (χ4v) is 3.38. The first-order chi connectivity index (χ1) is 10.5. The molecule has 1 saturated carbocycles. The molecule has 5 heteroatoms. The number of hydrogen-bond donors (Lipinski definition) is 1. The number of aromatic nitrogens is 1. The van der Waals surface area contributed by atoms with Crippen molar-refractivity contribution in [2.75, 3.05) is 13.7 Å². The topological polar surface area (TPSA) is 60.3 Å². The molecule has 0 atom stereocenters. The molecule has 0 saturated heterocycles. The number of nitrogens with zero attached hydrogens (tertiary/aromatic N) is 1. The highest BCUT2D eigenvalue weighted by molar-refractivity contribution is 5.95. The normalized spacial score (nSPS) is 15.6. The second-order valence-corrected chi connectivity index (χ2v) is 6.03. The maximum atomic E-state index is 12.3. The number of rotatable bonds is 5. The largest absolute Gasteiger partial charge is 0.469 e. The number of ether oxygens (including phenoxy) is 1. The molecular formula is C17H26N2O3. The Morgan fingerprint density at radius 3 is 2.59 bits per heavy atom. The zero-order valence-corrected chi connectivity index (χ0v) is 13.8. The molecule has 0 aliphatic heterocycles. The molecule has 1 aromatic rings. The molecule has 122 valence electrons. The predicted octanol–water partition coefficient (Wildman–Crippen LogP) is 2.90. The number of amides is 1. The Balaban J connectivity index is 2.05. The maximum absolute atomic E-state index is 12.3. The van der Waals surface area contributed by atoms with E-state index in [1.807, 2.05) is 13.0 Å². The smallest absolute Gasteiger partial charge is 0.307 e. The first-order valence-electron chi connectivity index (χ1n) is 8.08. The molecule has 22 heavy (non-hydrogen) atoms. The van der Waals surface area contributed by atoms with Gasteiger partial charge in [-0.05, 0) is 32.8 Å². The summed E-state index contributed by atoms with van der Waals surface area (Å²) in [6, 6.07) is 2.47. The third kappa shape index (κ3) is 3.70. The molecule has 2 rings (SSSR count). The van der Waals surface area contributed by atoms with Crippen LogP contribution in [0.15, 0.2) is 6.07 Å². The van der Waals surface area contributed by atoms with Gasteiger partial charge in [-0.1, -0.05) is 19.3 Å². The Kier molecular flexibility index (Phi) is 5.63. The van der Waals surface area contributed by atoms with Crippen LogP contribution in [0.5, 0.6) is 0 Å². The van der Waals surface area contributed by atoms with Crippen LogP contribution in [0.25, 0.3) is 0 Å². The summed E-state index contributed by atoms with van der Waals surface area (Å²) in [5.41, 5.74) is 2.88. The summed E-state index contributed by atoms with van der Waals surface area (Å²) >= 11 is 0. The van der Waals surface area contributed by atoms with Gasteiger partial charge in [0, 0.05) is 24.0 Å². The van der Waals surface area contributed by atoms with Crippen molar-refractivity contribution in [3.8, 4) is 0 Å². The van der Waals surface area contributed by atoms with Gasteiger partial charge in [0.1, 0.15) is 0 Å². The number of aryl methyl sites for hydroxylation is 1. The van der Waals surface area contributed by atoms with Crippen LogP contribution in [0, 0.1) is 13.8 Å². The molecule has 5 nitrogen and oxygen atoms in total. The lowest BCUT2D eigenvalue weighted by Crippen LogP contribution is -2.27. The average molecular weight is 306 g/mol. The van der Waals surface area contributed by atoms with Gasteiger partial charge in [-0.15, -0.1) is 0 Å². The van der Waals surface area contributed by atoms with Gasteiger partial charge in [0.2, 0.25) is 0 Å². The number of hydrogen-bond acceptors (Lipinski definition) is 3. The van der Waals surface area contributed by atoms with Crippen molar-refractivity contribution in [2.45, 2.75) is 58.4 Å². The third-order valence-corrected chi connectivity index (χ3v) is 4.51. The van der Waals surface area contributed by atoms with Gasteiger partial charge in [-0.3, -0.25) is 9.59 Å². The number of carbonyl (C=O) groups excluding carboxylic acids is 2. The second kappa shape index (κ2) is 7.47. The van der Waals surface area contributed by atoms with Crippen LogP contribution >= 0.6 is 0 Å². The molecule has 1 N–H and O–H groups in total. The van der Waals surface area contributed by atoms with E-state index in [9.17, 15) is 9.59 Å². The summed E-state index contributed by atoms with van der Waals surface area (Å²) in [5.74, 6) is -0.424. The summed E-state index contributed by atoms with van der Waals surface area (Å²) in [7, 11) is 1.35. The Bertz CT molecular complexity index is 542. The van der Waals surface area contributed by atoms with Gasteiger partial charge in [0.25, 0.3) is 5.91 Å². The van der Waals surface area contributed by atoms with E-state index in [0.29, 0.717) is 18.2 Å². The predicted molar refractivity (Wildman–Crippen MR) is 85.0 cm³/mol. The highest BCUT2D eigenvalue weighted by Gasteiger charge is 2.22. The monoisotopic (exact) mass is 306 g/mol. The molecule has 1 aliphatic carbocycles. The first-order valence-corrected chi connectivity index (χ1v) is 8.08. The van der Waals surface area contributed by atoms with Crippen LogP contribution in [0.2, 0.25) is 0 Å². The van der Waals surface area contributed by atoms with E-state index in [-0.39, 0.29) is 18.3 Å². The lowest BCUT2D eigenvalue weighted by atomic mass is 9.95. The molecule has 0 aromatic carbocycles. The summed E-state index contributed by atoms with van der Waals surface area (Å²) < 4.78 is 6.88. The number of carbonyl (C=O) groups is 2. The molecule has 0 unspecified atom stereocenters. The Morgan fingerprint density at radius 2 is 1.95 bits per heavy atom. The third-order valence-electron chi connectivity index (χ3n) is 4.51. The summed E-state index contributed by atoms with van der Waals surface area (Å²) in [4.78, 5) is 23.4. The maximum Gasteiger partial charge on any atom is 0.307 e. The van der Waals surface area contributed by atoms with E-state index in [0.717, 1.165) is 11.4 Å². The molecule has 1 amide bonds. The SMILES string of the molecule is COC(=O)CCNC(=O)c1cc(C)n(C2CCCCC2)c1C. The fraction of sp³-hybridized carbons (Fsp3) is 0.647. The number of esters is 1. The van der Waals surface area contributed by atoms with Crippen molar-refractivity contribution in [3.05, 3.63) is 23.0 Å². The Morgan fingerprint density at radius 1 is 1.27 bits per heavy atom. The molecule has 1 fully saturated rings. The molecule has 1 aliphatic rings. The molecule has 0 radical (unpaired) electrons. The van der Waals surface area contributed by atoms with Crippen LogP contribution in [0.1, 0.15) is 66.3 Å². The summed E-state index contributed by atoms with van der Waals surface area (Å²) in [5, 5.41) is 2.80. The molecule has 1 heterocycles. The van der Waals surface area contributed by atoms with E-state index in [2.05, 4.69) is 21.5 Å². The molecular weight excluding hydrogens is 280 g/mol. The quantitative estimate of drug-likeness (QED) is 0.851. The van der Waals surface area contributed by atoms with Crippen molar-refractivity contribution >= 4 is 11.9 Å². The second-order valence-electron chi connectivity index (χ2n) is 6.03. The zero-order chi connectivity index (χ0) is 16.1. The highest BCUT2D eigenvalue weighted by Crippen LogP contribution is 2.32. The Labute approximate surface area is 132 Å². The lowest BCUT2D eigenvalue weighted by Gasteiger charge is -2.26. The molecule has 0 spiro atoms. The zero-order valence-electron chi connectivity index (χ0n) is 13.8. The van der Waals surface area contributed by atoms with E-state index in [1.54, 1.807) is 0 Å². The van der Waals surface area contributed by atoms with E-state index in [4.69, 9.17) is 0 Å². The van der Waals surface area contributed by atoms with E-state index < -0.39 is 0 Å². The molecule has 1 aromatic heterocycles. The number of nitrogens with one attached hydrogen (secondary N) is 1. The van der Waals surface area contributed by atoms with Gasteiger partial charge in [-0.25, -0.2) is 0 Å². The summed E-state index contributed by atoms with van der Waals surface area (Å²) in [6.07, 6.45) is 6.44.